The molecule has 2 aromatic heterocycles. The average Bonchev–Trinajstić information content (AvgIpc) is 3.54. The van der Waals surface area contributed by atoms with Crippen LogP contribution in [0.3, 0.4) is 0 Å². The number of nitrogens with zero attached hydrogens (tertiary/aromatic N) is 5. The van der Waals surface area contributed by atoms with E-state index >= 15 is 0 Å². The fourth-order valence-corrected chi connectivity index (χ4v) is 5.06. The van der Waals surface area contributed by atoms with Gasteiger partial charge in [-0.05, 0) is 24.5 Å². The molecule has 2 aliphatic heterocycles. The molecule has 2 aliphatic rings. The lowest BCUT2D eigenvalue weighted by Gasteiger charge is -2.31. The fourth-order valence-electron chi connectivity index (χ4n) is 5.06. The SMILES string of the molecule is CN1C(=O)C[C@H](C(=O)NCCOCCOCCN2CCC(n3cc(C(=O)O)cn3)CC2)[C@H]1c1cccnc1. The lowest BCUT2D eigenvalue weighted by atomic mass is 9.94. The number of likely N-dealkylation sites (tertiary alicyclic amines) is 2. The van der Waals surface area contributed by atoms with Crippen LogP contribution in [0.2, 0.25) is 0 Å². The van der Waals surface area contributed by atoms with Crippen molar-refractivity contribution in [1.82, 2.24) is 29.9 Å². The van der Waals surface area contributed by atoms with Crippen molar-refractivity contribution in [1.29, 1.82) is 0 Å². The molecule has 12 nitrogen and oxygen atoms in total. The van der Waals surface area contributed by atoms with Crippen LogP contribution in [0.5, 0.6) is 0 Å². The van der Waals surface area contributed by atoms with E-state index in [1.807, 2.05) is 6.07 Å². The number of carbonyl (C=O) groups is 3. The number of aromatic carboxylic acids is 1. The first kappa shape index (κ1) is 27.7. The van der Waals surface area contributed by atoms with E-state index in [9.17, 15) is 14.4 Å². The van der Waals surface area contributed by atoms with Gasteiger partial charge in [0.1, 0.15) is 0 Å². The van der Waals surface area contributed by atoms with Crippen molar-refractivity contribution in [3.63, 3.8) is 0 Å². The normalized spacial score (nSPS) is 20.7. The van der Waals surface area contributed by atoms with Crippen LogP contribution in [0.25, 0.3) is 0 Å². The fraction of sp³-hybridized carbons (Fsp3) is 0.577. The molecule has 2 atom stereocenters. The molecule has 2 N–H and O–H groups in total. The highest BCUT2D eigenvalue weighted by Gasteiger charge is 2.42. The Morgan fingerprint density at radius 3 is 2.58 bits per heavy atom. The summed E-state index contributed by atoms with van der Waals surface area (Å²) in [6, 6.07) is 3.61. The van der Waals surface area contributed by atoms with E-state index in [1.165, 1.54) is 6.20 Å². The maximum atomic E-state index is 12.7. The second-order valence-corrected chi connectivity index (χ2v) is 9.65. The number of piperidine rings is 1. The number of carboxylic acids is 1. The molecule has 0 spiro atoms. The number of rotatable bonds is 13. The lowest BCUT2D eigenvalue weighted by molar-refractivity contribution is -0.128. The Morgan fingerprint density at radius 2 is 1.89 bits per heavy atom. The van der Waals surface area contributed by atoms with Gasteiger partial charge >= 0.3 is 5.97 Å². The highest BCUT2D eigenvalue weighted by atomic mass is 16.5. The predicted molar refractivity (Wildman–Crippen MR) is 136 cm³/mol. The van der Waals surface area contributed by atoms with Gasteiger partial charge in [-0.15, -0.1) is 0 Å². The monoisotopic (exact) mass is 528 g/mol. The molecule has 0 unspecified atom stereocenters. The average molecular weight is 529 g/mol. The second kappa shape index (κ2) is 13.4. The number of pyridine rings is 1. The van der Waals surface area contributed by atoms with E-state index < -0.39 is 11.9 Å². The Balaban J connectivity index is 1.04. The van der Waals surface area contributed by atoms with Gasteiger partial charge in [-0.25, -0.2) is 4.79 Å². The first-order valence-corrected chi connectivity index (χ1v) is 13.0. The van der Waals surface area contributed by atoms with Crippen molar-refractivity contribution in [2.75, 3.05) is 59.7 Å². The Labute approximate surface area is 221 Å². The summed E-state index contributed by atoms with van der Waals surface area (Å²) in [6.07, 6.45) is 8.39. The molecule has 2 amide bonds. The first-order chi connectivity index (χ1) is 18.4. The zero-order chi connectivity index (χ0) is 26.9. The summed E-state index contributed by atoms with van der Waals surface area (Å²) in [5.41, 5.74) is 1.07. The summed E-state index contributed by atoms with van der Waals surface area (Å²) in [5.74, 6) is -1.62. The summed E-state index contributed by atoms with van der Waals surface area (Å²) < 4.78 is 13.0. The zero-order valence-electron chi connectivity index (χ0n) is 21.7. The van der Waals surface area contributed by atoms with Gasteiger partial charge in [-0.1, -0.05) is 6.07 Å². The van der Waals surface area contributed by atoms with Gasteiger partial charge in [0.15, 0.2) is 0 Å². The molecular formula is C26H36N6O6. The Morgan fingerprint density at radius 1 is 1.13 bits per heavy atom. The summed E-state index contributed by atoms with van der Waals surface area (Å²) in [4.78, 5) is 44.1. The van der Waals surface area contributed by atoms with Gasteiger partial charge < -0.3 is 29.7 Å². The molecule has 0 bridgehead atoms. The standard InChI is InChI=1S/C26H36N6O6/c1-30-23(33)15-22(24(30)19-3-2-6-27-16-19)25(34)28-7-11-37-13-14-38-12-10-31-8-4-21(5-9-31)32-18-20(17-29-32)26(35)36/h2-3,6,16-18,21-22,24H,4-5,7-15H2,1H3,(H,28,34)(H,35,36)/t22-,24+/m0/s1. The molecule has 0 saturated carbocycles. The zero-order valence-corrected chi connectivity index (χ0v) is 21.7. The van der Waals surface area contributed by atoms with Gasteiger partial charge in [-0.2, -0.15) is 5.10 Å². The molecule has 4 heterocycles. The van der Waals surface area contributed by atoms with Crippen molar-refractivity contribution in [3.8, 4) is 0 Å². The van der Waals surface area contributed by atoms with Crippen LogP contribution in [0, 0.1) is 5.92 Å². The summed E-state index contributed by atoms with van der Waals surface area (Å²) in [5, 5.41) is 16.1. The van der Waals surface area contributed by atoms with Gasteiger partial charge in [-0.3, -0.25) is 19.3 Å². The molecule has 2 saturated heterocycles. The number of aromatic nitrogens is 3. The topological polar surface area (TPSA) is 139 Å². The van der Waals surface area contributed by atoms with Gasteiger partial charge in [0.25, 0.3) is 0 Å². The molecule has 4 rings (SSSR count). The molecule has 0 aromatic carbocycles. The number of hydrogen-bond donors (Lipinski definition) is 2. The Hall–Kier alpha value is -3.35. The highest BCUT2D eigenvalue weighted by Crippen LogP contribution is 2.36. The number of amides is 2. The van der Waals surface area contributed by atoms with E-state index in [2.05, 4.69) is 20.3 Å². The van der Waals surface area contributed by atoms with E-state index in [1.54, 1.807) is 41.3 Å². The summed E-state index contributed by atoms with van der Waals surface area (Å²) in [7, 11) is 1.72. The number of ether oxygens (including phenoxy) is 2. The maximum Gasteiger partial charge on any atom is 0.338 e. The van der Waals surface area contributed by atoms with Crippen LogP contribution < -0.4 is 5.32 Å². The quantitative estimate of drug-likeness (QED) is 0.364. The number of hydrogen-bond acceptors (Lipinski definition) is 8. The van der Waals surface area contributed by atoms with E-state index in [0.29, 0.717) is 33.0 Å². The van der Waals surface area contributed by atoms with Crippen molar-refractivity contribution in [2.45, 2.75) is 31.3 Å². The van der Waals surface area contributed by atoms with Crippen molar-refractivity contribution in [2.24, 2.45) is 5.92 Å². The number of carboxylic acid groups (broad SMARTS) is 1. The molecule has 2 aromatic rings. The van der Waals surface area contributed by atoms with Crippen LogP contribution in [0.15, 0.2) is 36.9 Å². The first-order valence-electron chi connectivity index (χ1n) is 13.0. The van der Waals surface area contributed by atoms with E-state index in [4.69, 9.17) is 14.6 Å². The summed E-state index contributed by atoms with van der Waals surface area (Å²) >= 11 is 0. The minimum Gasteiger partial charge on any atom is -0.478 e. The van der Waals surface area contributed by atoms with Crippen molar-refractivity contribution >= 4 is 17.8 Å². The Bertz CT molecular complexity index is 1070. The largest absolute Gasteiger partial charge is 0.478 e. The molecular weight excluding hydrogens is 492 g/mol. The number of nitrogens with one attached hydrogen (secondary N) is 1. The Kier molecular flexibility index (Phi) is 9.79. The van der Waals surface area contributed by atoms with Crippen LogP contribution in [-0.2, 0) is 19.1 Å². The minimum absolute atomic E-state index is 0.0518. The van der Waals surface area contributed by atoms with Gasteiger partial charge in [0.05, 0.1) is 56.2 Å². The minimum atomic E-state index is -0.954. The molecule has 0 aliphatic carbocycles. The van der Waals surface area contributed by atoms with Gasteiger partial charge in [0, 0.05) is 58.2 Å². The van der Waals surface area contributed by atoms with Crippen LogP contribution in [0.1, 0.15) is 47.3 Å². The van der Waals surface area contributed by atoms with E-state index in [0.717, 1.165) is 38.0 Å². The van der Waals surface area contributed by atoms with Crippen LogP contribution in [-0.4, -0.2) is 107 Å². The molecule has 206 valence electrons. The number of carbonyl (C=O) groups excluding carboxylic acids is 2. The molecule has 0 radical (unpaired) electrons. The predicted octanol–water partition coefficient (Wildman–Crippen LogP) is 0.982. The van der Waals surface area contributed by atoms with Gasteiger partial charge in [0.2, 0.25) is 11.8 Å². The summed E-state index contributed by atoms with van der Waals surface area (Å²) in [6.45, 7) is 4.91. The highest BCUT2D eigenvalue weighted by molar-refractivity contribution is 5.90. The lowest BCUT2D eigenvalue weighted by Crippen LogP contribution is -2.37. The van der Waals surface area contributed by atoms with Crippen LogP contribution >= 0.6 is 0 Å². The molecule has 2 fully saturated rings. The third kappa shape index (κ3) is 7.15. The smallest absolute Gasteiger partial charge is 0.338 e. The van der Waals surface area contributed by atoms with Crippen LogP contribution in [0.4, 0.5) is 0 Å². The second-order valence-electron chi connectivity index (χ2n) is 9.65. The molecule has 38 heavy (non-hydrogen) atoms. The third-order valence-electron chi connectivity index (χ3n) is 7.20. The third-order valence-corrected chi connectivity index (χ3v) is 7.20. The maximum absolute atomic E-state index is 12.7. The van der Waals surface area contributed by atoms with Crippen molar-refractivity contribution in [3.05, 3.63) is 48.0 Å². The van der Waals surface area contributed by atoms with Crippen molar-refractivity contribution < 1.29 is 29.0 Å². The molecule has 12 heteroatoms. The van der Waals surface area contributed by atoms with E-state index in [-0.39, 0.29) is 35.9 Å².